The Morgan fingerprint density at radius 3 is 2.56 bits per heavy atom. The van der Waals surface area contributed by atoms with Crippen molar-refractivity contribution in [3.63, 3.8) is 0 Å². The molecule has 1 N–H and O–H groups in total. The lowest BCUT2D eigenvalue weighted by Gasteiger charge is -2.12. The predicted molar refractivity (Wildman–Crippen MR) is 129 cm³/mol. The Balaban J connectivity index is 1.59. The largest absolute Gasteiger partial charge is 0.322 e. The lowest BCUT2D eigenvalue weighted by molar-refractivity contribution is -0.111. The van der Waals surface area contributed by atoms with E-state index in [1.807, 2.05) is 71.6 Å². The molecule has 4 aromatic rings. The van der Waals surface area contributed by atoms with Crippen LogP contribution in [0.15, 0.2) is 91.4 Å². The van der Waals surface area contributed by atoms with Gasteiger partial charge < -0.3 is 5.32 Å². The molecule has 2 heterocycles. The van der Waals surface area contributed by atoms with Gasteiger partial charge in [0.15, 0.2) is 0 Å². The van der Waals surface area contributed by atoms with Crippen molar-refractivity contribution in [2.75, 3.05) is 5.32 Å². The summed E-state index contributed by atoms with van der Waals surface area (Å²) in [4.78, 5) is 16.9. The number of aromatic nitrogens is 3. The number of hydrogen-bond acceptors (Lipinski definition) is 3. The molecule has 0 radical (unpaired) electrons. The monoisotopic (exact) mass is 422 g/mol. The summed E-state index contributed by atoms with van der Waals surface area (Å²) in [6, 6.07) is 21.9. The molecule has 2 aromatic carbocycles. The minimum absolute atomic E-state index is 0.175. The highest BCUT2D eigenvalue weighted by molar-refractivity contribution is 6.02. The first-order valence-corrected chi connectivity index (χ1v) is 10.7. The number of anilines is 1. The highest BCUT2D eigenvalue weighted by atomic mass is 16.1. The maximum Gasteiger partial charge on any atom is 0.248 e. The van der Waals surface area contributed by atoms with Crippen molar-refractivity contribution >= 4 is 17.7 Å². The first-order valence-electron chi connectivity index (χ1n) is 10.7. The number of amides is 1. The van der Waals surface area contributed by atoms with Gasteiger partial charge in [0, 0.05) is 41.5 Å². The average Bonchev–Trinajstić information content (AvgIpc) is 3.22. The first-order chi connectivity index (χ1) is 15.6. The van der Waals surface area contributed by atoms with E-state index in [0.717, 1.165) is 33.6 Å². The van der Waals surface area contributed by atoms with Crippen LogP contribution in [-0.2, 0) is 11.3 Å². The number of carbonyl (C=O) groups is 1. The fourth-order valence-corrected chi connectivity index (χ4v) is 3.59. The number of rotatable bonds is 7. The zero-order valence-electron chi connectivity index (χ0n) is 18.3. The first kappa shape index (κ1) is 21.2. The summed E-state index contributed by atoms with van der Waals surface area (Å²) in [5, 5.41) is 7.77. The number of para-hydroxylation sites is 1. The third kappa shape index (κ3) is 5.19. The van der Waals surface area contributed by atoms with E-state index in [4.69, 9.17) is 5.10 Å². The van der Waals surface area contributed by atoms with E-state index in [-0.39, 0.29) is 5.91 Å². The number of hydrogen-bond donors (Lipinski definition) is 1. The number of benzene rings is 2. The molecule has 1 amide bonds. The third-order valence-electron chi connectivity index (χ3n) is 5.17. The Hall–Kier alpha value is -3.99. The van der Waals surface area contributed by atoms with E-state index in [9.17, 15) is 4.79 Å². The van der Waals surface area contributed by atoms with Crippen LogP contribution in [0.25, 0.3) is 17.3 Å². The molecule has 5 heteroatoms. The van der Waals surface area contributed by atoms with Gasteiger partial charge in [0.25, 0.3) is 0 Å². The van der Waals surface area contributed by atoms with Crippen LogP contribution in [0.3, 0.4) is 0 Å². The molecule has 0 aliphatic heterocycles. The Morgan fingerprint density at radius 2 is 1.81 bits per heavy atom. The van der Waals surface area contributed by atoms with Crippen molar-refractivity contribution in [2.24, 2.45) is 0 Å². The standard InChI is InChI=1S/C27H26N4O/c1-20(2)24-12-6-7-13-25(24)29-26(32)15-14-23-19-31(18-21-9-4-3-5-10-21)30-27(23)22-11-8-16-28-17-22/h3-17,19-20H,18H2,1-2H3,(H,29,32)/b15-14+. The Bertz CT molecular complexity index is 1210. The van der Waals surface area contributed by atoms with Gasteiger partial charge in [0.1, 0.15) is 5.69 Å². The molecule has 0 fully saturated rings. The second-order valence-electron chi connectivity index (χ2n) is 7.92. The summed E-state index contributed by atoms with van der Waals surface area (Å²) in [5.74, 6) is 0.148. The molecule has 0 saturated carbocycles. The summed E-state index contributed by atoms with van der Waals surface area (Å²) in [6.07, 6.45) is 8.84. The maximum absolute atomic E-state index is 12.7. The van der Waals surface area contributed by atoms with Gasteiger partial charge in [-0.05, 0) is 41.3 Å². The molecule has 0 aliphatic rings. The van der Waals surface area contributed by atoms with Crippen molar-refractivity contribution in [3.05, 3.63) is 108 Å². The van der Waals surface area contributed by atoms with Gasteiger partial charge in [0.2, 0.25) is 5.91 Å². The van der Waals surface area contributed by atoms with Gasteiger partial charge in [0.05, 0.1) is 6.54 Å². The van der Waals surface area contributed by atoms with Gasteiger partial charge in [-0.1, -0.05) is 62.4 Å². The normalized spacial score (nSPS) is 11.2. The molecule has 5 nitrogen and oxygen atoms in total. The lowest BCUT2D eigenvalue weighted by atomic mass is 10.0. The van der Waals surface area contributed by atoms with Gasteiger partial charge >= 0.3 is 0 Å². The Labute approximate surface area is 188 Å². The highest BCUT2D eigenvalue weighted by Crippen LogP contribution is 2.25. The van der Waals surface area contributed by atoms with E-state index in [0.29, 0.717) is 12.5 Å². The van der Waals surface area contributed by atoms with Crippen LogP contribution in [-0.4, -0.2) is 20.7 Å². The second-order valence-corrected chi connectivity index (χ2v) is 7.92. The van der Waals surface area contributed by atoms with Crippen LogP contribution < -0.4 is 5.32 Å². The quantitative estimate of drug-likeness (QED) is 0.385. The molecule has 160 valence electrons. The van der Waals surface area contributed by atoms with Gasteiger partial charge in [-0.25, -0.2) is 0 Å². The van der Waals surface area contributed by atoms with Gasteiger partial charge in [-0.3, -0.25) is 14.5 Å². The van der Waals surface area contributed by atoms with E-state index < -0.39 is 0 Å². The lowest BCUT2D eigenvalue weighted by Crippen LogP contribution is -2.10. The third-order valence-corrected chi connectivity index (χ3v) is 5.17. The van der Waals surface area contributed by atoms with Gasteiger partial charge in [-0.2, -0.15) is 5.10 Å². The molecule has 0 saturated heterocycles. The molecule has 0 bridgehead atoms. The van der Waals surface area contributed by atoms with Crippen molar-refractivity contribution in [2.45, 2.75) is 26.3 Å². The minimum atomic E-state index is -0.175. The Kier molecular flexibility index (Phi) is 6.56. The van der Waals surface area contributed by atoms with Gasteiger partial charge in [-0.15, -0.1) is 0 Å². The van der Waals surface area contributed by atoms with Crippen molar-refractivity contribution in [1.82, 2.24) is 14.8 Å². The van der Waals surface area contributed by atoms with Crippen LogP contribution in [0.1, 0.15) is 36.5 Å². The number of carbonyl (C=O) groups excluding carboxylic acids is 1. The van der Waals surface area contributed by atoms with E-state index in [1.165, 1.54) is 0 Å². The fraction of sp³-hybridized carbons (Fsp3) is 0.148. The second kappa shape index (κ2) is 9.88. The van der Waals surface area contributed by atoms with E-state index in [2.05, 4.69) is 36.3 Å². The number of nitrogens with zero attached hydrogens (tertiary/aromatic N) is 3. The van der Waals surface area contributed by atoms with Crippen molar-refractivity contribution in [1.29, 1.82) is 0 Å². The average molecular weight is 423 g/mol. The summed E-state index contributed by atoms with van der Waals surface area (Å²) in [7, 11) is 0. The molecule has 0 unspecified atom stereocenters. The van der Waals surface area contributed by atoms with Crippen molar-refractivity contribution in [3.8, 4) is 11.3 Å². The van der Waals surface area contributed by atoms with Crippen LogP contribution in [0.4, 0.5) is 5.69 Å². The summed E-state index contributed by atoms with van der Waals surface area (Å²) in [5.41, 5.74) is 5.67. The van der Waals surface area contributed by atoms with Crippen LogP contribution in [0, 0.1) is 0 Å². The zero-order chi connectivity index (χ0) is 22.3. The van der Waals surface area contributed by atoms with Crippen LogP contribution in [0.5, 0.6) is 0 Å². The van der Waals surface area contributed by atoms with E-state index >= 15 is 0 Å². The maximum atomic E-state index is 12.7. The molecule has 0 spiro atoms. The fourth-order valence-electron chi connectivity index (χ4n) is 3.59. The molecular weight excluding hydrogens is 396 g/mol. The van der Waals surface area contributed by atoms with E-state index in [1.54, 1.807) is 18.5 Å². The molecule has 4 rings (SSSR count). The number of nitrogens with one attached hydrogen (secondary N) is 1. The molecular formula is C27H26N4O. The molecule has 0 atom stereocenters. The zero-order valence-corrected chi connectivity index (χ0v) is 18.3. The summed E-state index contributed by atoms with van der Waals surface area (Å²) < 4.78 is 1.89. The predicted octanol–water partition coefficient (Wildman–Crippen LogP) is 5.77. The summed E-state index contributed by atoms with van der Waals surface area (Å²) in [6.45, 7) is 4.88. The number of pyridine rings is 1. The SMILES string of the molecule is CC(C)c1ccccc1NC(=O)/C=C/c1cn(Cc2ccccc2)nc1-c1cccnc1. The molecule has 2 aromatic heterocycles. The summed E-state index contributed by atoms with van der Waals surface area (Å²) >= 11 is 0. The van der Waals surface area contributed by atoms with Crippen LogP contribution >= 0.6 is 0 Å². The van der Waals surface area contributed by atoms with Crippen molar-refractivity contribution < 1.29 is 4.79 Å². The Morgan fingerprint density at radius 1 is 1.03 bits per heavy atom. The minimum Gasteiger partial charge on any atom is -0.322 e. The van der Waals surface area contributed by atoms with Crippen LogP contribution in [0.2, 0.25) is 0 Å². The molecule has 32 heavy (non-hydrogen) atoms. The molecule has 0 aliphatic carbocycles. The highest BCUT2D eigenvalue weighted by Gasteiger charge is 2.11. The smallest absolute Gasteiger partial charge is 0.248 e. The topological polar surface area (TPSA) is 59.8 Å².